The summed E-state index contributed by atoms with van der Waals surface area (Å²) in [5.74, 6) is -2.92. The Bertz CT molecular complexity index is 841. The van der Waals surface area contributed by atoms with E-state index in [1.165, 1.54) is 11.9 Å². The highest BCUT2D eigenvalue weighted by atomic mass is 32.2. The molecule has 0 aromatic carbocycles. The number of amides is 1. The molecule has 0 spiro atoms. The van der Waals surface area contributed by atoms with Crippen LogP contribution in [-0.4, -0.2) is 43.9 Å². The van der Waals surface area contributed by atoms with Crippen LogP contribution in [0.4, 0.5) is 0 Å². The van der Waals surface area contributed by atoms with Crippen LogP contribution in [0.5, 0.6) is 0 Å². The Morgan fingerprint density at radius 1 is 1.21 bits per heavy atom. The number of aliphatic hydroxyl groups excluding tert-OH is 1. The fourth-order valence-electron chi connectivity index (χ4n) is 4.75. The van der Waals surface area contributed by atoms with Crippen molar-refractivity contribution in [2.24, 2.45) is 5.41 Å². The maximum Gasteiger partial charge on any atom is 0.329 e. The molecule has 4 aliphatic rings. The molecule has 29 heavy (non-hydrogen) atoms. The third-order valence-electron chi connectivity index (χ3n) is 6.49. The predicted octanol–water partition coefficient (Wildman–Crippen LogP) is 2.54. The van der Waals surface area contributed by atoms with Crippen LogP contribution >= 0.6 is 11.9 Å². The number of aliphatic hydroxyl groups is 1. The first-order valence-electron chi connectivity index (χ1n) is 10.1. The van der Waals surface area contributed by atoms with Gasteiger partial charge in [0.25, 0.3) is 5.91 Å². The summed E-state index contributed by atoms with van der Waals surface area (Å²) < 4.78 is 1.61. The molecule has 1 amide bonds. The average Bonchev–Trinajstić information content (AvgIpc) is 2.98. The highest BCUT2D eigenvalue weighted by molar-refractivity contribution is 8.01. The molecule has 2 aliphatic heterocycles. The van der Waals surface area contributed by atoms with Crippen molar-refractivity contribution in [3.05, 3.63) is 21.9 Å². The molecule has 4 N–H and O–H groups in total. The van der Waals surface area contributed by atoms with Crippen LogP contribution in [0.1, 0.15) is 65.2 Å². The van der Waals surface area contributed by atoms with Crippen LogP contribution in [0.25, 0.3) is 0 Å². The van der Waals surface area contributed by atoms with Crippen LogP contribution in [-0.2, 0) is 14.4 Å². The lowest BCUT2D eigenvalue weighted by atomic mass is 9.76. The molecule has 0 radical (unpaired) electrons. The highest BCUT2D eigenvalue weighted by Gasteiger charge is 2.50. The van der Waals surface area contributed by atoms with Crippen LogP contribution in [0.2, 0.25) is 0 Å². The second kappa shape index (κ2) is 7.05. The third kappa shape index (κ3) is 3.44. The fourth-order valence-corrected chi connectivity index (χ4v) is 6.24. The molecule has 1 atom stereocenters. The van der Waals surface area contributed by atoms with E-state index in [9.17, 15) is 24.6 Å². The number of hydrogen-bond acceptors (Lipinski definition) is 7. The van der Waals surface area contributed by atoms with Crippen LogP contribution in [0, 0.1) is 5.41 Å². The Morgan fingerprint density at radius 3 is 2.55 bits per heavy atom. The SMILES string of the molecule is CC1(C)CCC2=C(C1)SN1NC(O)=C(C(=O)NC3(C(=O)O)CCCCC3)C(=O)C21. The van der Waals surface area contributed by atoms with E-state index in [0.29, 0.717) is 25.7 Å². The molecule has 1 unspecified atom stereocenters. The lowest BCUT2D eigenvalue weighted by Crippen LogP contribution is -2.58. The number of nitrogens with zero attached hydrogens (tertiary/aromatic N) is 1. The van der Waals surface area contributed by atoms with Crippen molar-refractivity contribution in [3.8, 4) is 0 Å². The van der Waals surface area contributed by atoms with Gasteiger partial charge < -0.3 is 15.5 Å². The van der Waals surface area contributed by atoms with E-state index in [-0.39, 0.29) is 11.0 Å². The minimum Gasteiger partial charge on any atom is -0.493 e. The summed E-state index contributed by atoms with van der Waals surface area (Å²) in [5, 5.41) is 22.7. The number of hydrazine groups is 1. The van der Waals surface area contributed by atoms with Gasteiger partial charge in [0.1, 0.15) is 17.2 Å². The van der Waals surface area contributed by atoms with Gasteiger partial charge >= 0.3 is 5.97 Å². The van der Waals surface area contributed by atoms with Crippen molar-refractivity contribution in [1.29, 1.82) is 0 Å². The van der Waals surface area contributed by atoms with Crippen molar-refractivity contribution in [3.63, 3.8) is 0 Å². The van der Waals surface area contributed by atoms with E-state index < -0.39 is 35.1 Å². The molecule has 0 aromatic rings. The number of carbonyl (C=O) groups excluding carboxylic acids is 2. The number of hydrogen-bond donors (Lipinski definition) is 4. The monoisotopic (exact) mass is 421 g/mol. The van der Waals surface area contributed by atoms with Crippen molar-refractivity contribution in [2.45, 2.75) is 76.8 Å². The van der Waals surface area contributed by atoms with Crippen molar-refractivity contribution in [1.82, 2.24) is 15.2 Å². The maximum absolute atomic E-state index is 13.2. The summed E-state index contributed by atoms with van der Waals surface area (Å²) in [5.41, 5.74) is 2.14. The smallest absolute Gasteiger partial charge is 0.329 e. The van der Waals surface area contributed by atoms with E-state index in [2.05, 4.69) is 24.6 Å². The zero-order chi connectivity index (χ0) is 21.0. The first-order chi connectivity index (χ1) is 13.6. The predicted molar refractivity (Wildman–Crippen MR) is 107 cm³/mol. The van der Waals surface area contributed by atoms with Gasteiger partial charge in [0.15, 0.2) is 5.78 Å². The number of allylic oxidation sites excluding steroid dienone is 1. The first kappa shape index (κ1) is 20.3. The van der Waals surface area contributed by atoms with Gasteiger partial charge in [0.05, 0.1) is 0 Å². The first-order valence-corrected chi connectivity index (χ1v) is 10.9. The van der Waals surface area contributed by atoms with Gasteiger partial charge in [-0.15, -0.1) is 4.41 Å². The number of carboxylic acids is 1. The van der Waals surface area contributed by atoms with E-state index >= 15 is 0 Å². The van der Waals surface area contributed by atoms with Gasteiger partial charge in [-0.2, -0.15) is 0 Å². The number of nitrogens with one attached hydrogen (secondary N) is 2. The minimum absolute atomic E-state index is 0.147. The summed E-state index contributed by atoms with van der Waals surface area (Å²) in [6.45, 7) is 4.38. The molecule has 0 aromatic heterocycles. The summed E-state index contributed by atoms with van der Waals surface area (Å²) >= 11 is 1.40. The Hall–Kier alpha value is -2.00. The van der Waals surface area contributed by atoms with Crippen molar-refractivity contribution >= 4 is 29.6 Å². The Morgan fingerprint density at radius 2 is 1.90 bits per heavy atom. The van der Waals surface area contributed by atoms with Crippen LogP contribution in [0.3, 0.4) is 0 Å². The average molecular weight is 422 g/mol. The quantitative estimate of drug-likeness (QED) is 0.405. The molecule has 9 heteroatoms. The standard InChI is InChI=1S/C20H27N3O5S/c1-19(2)9-6-11-12(10-19)29-23-14(11)15(24)13(17(26)22-23)16(25)21-20(18(27)28)7-4-3-5-8-20/h14,22,26H,3-10H2,1-2H3,(H,21,25)(H,27,28). The van der Waals surface area contributed by atoms with E-state index in [0.717, 1.165) is 36.2 Å². The fraction of sp³-hybridized carbons (Fsp3) is 0.650. The summed E-state index contributed by atoms with van der Waals surface area (Å²) in [6.07, 6.45) is 5.51. The maximum atomic E-state index is 13.2. The van der Waals surface area contributed by atoms with E-state index in [4.69, 9.17) is 0 Å². The highest BCUT2D eigenvalue weighted by Crippen LogP contribution is 2.51. The van der Waals surface area contributed by atoms with Crippen LogP contribution in [0.15, 0.2) is 21.9 Å². The zero-order valence-electron chi connectivity index (χ0n) is 16.7. The second-order valence-corrected chi connectivity index (χ2v) is 10.3. The summed E-state index contributed by atoms with van der Waals surface area (Å²) in [7, 11) is 0. The molecule has 2 aliphatic carbocycles. The van der Waals surface area contributed by atoms with Crippen molar-refractivity contribution < 1.29 is 24.6 Å². The molecule has 2 heterocycles. The number of carbonyl (C=O) groups is 3. The van der Waals surface area contributed by atoms with Gasteiger partial charge in [0.2, 0.25) is 5.88 Å². The second-order valence-electron chi connectivity index (χ2n) is 9.21. The zero-order valence-corrected chi connectivity index (χ0v) is 17.5. The summed E-state index contributed by atoms with van der Waals surface area (Å²) in [4.78, 5) is 39.2. The molecule has 1 saturated carbocycles. The number of fused-ring (bicyclic) bond motifs is 2. The molecular formula is C20H27N3O5S. The normalized spacial score (nSPS) is 28.5. The van der Waals surface area contributed by atoms with Crippen molar-refractivity contribution in [2.75, 3.05) is 0 Å². The number of carboxylic acid groups (broad SMARTS) is 1. The molecule has 0 saturated heterocycles. The molecule has 158 valence electrons. The summed E-state index contributed by atoms with van der Waals surface area (Å²) in [6, 6.07) is -0.644. The van der Waals surface area contributed by atoms with Gasteiger partial charge in [-0.3, -0.25) is 15.0 Å². The lowest BCUT2D eigenvalue weighted by Gasteiger charge is -2.36. The molecule has 8 nitrogen and oxygen atoms in total. The molecule has 1 fully saturated rings. The minimum atomic E-state index is -1.39. The van der Waals surface area contributed by atoms with Gasteiger partial charge in [-0.05, 0) is 55.0 Å². The van der Waals surface area contributed by atoms with Gasteiger partial charge in [0, 0.05) is 4.91 Å². The number of ketones is 1. The Labute approximate surface area is 173 Å². The van der Waals surface area contributed by atoms with Gasteiger partial charge in [-0.25, -0.2) is 4.79 Å². The number of rotatable bonds is 3. The van der Waals surface area contributed by atoms with Crippen LogP contribution < -0.4 is 10.7 Å². The number of aliphatic carboxylic acids is 1. The van der Waals surface area contributed by atoms with Gasteiger partial charge in [-0.1, -0.05) is 33.1 Å². The lowest BCUT2D eigenvalue weighted by molar-refractivity contribution is -0.149. The third-order valence-corrected chi connectivity index (χ3v) is 7.61. The molecule has 0 bridgehead atoms. The largest absolute Gasteiger partial charge is 0.493 e. The molecule has 4 rings (SSSR count). The Kier molecular flexibility index (Phi) is 4.93. The Balaban J connectivity index is 1.59. The number of Topliss-reactive ketones (excluding diaryl/α,β-unsaturated/α-hetero) is 1. The van der Waals surface area contributed by atoms with E-state index in [1.807, 2.05) is 0 Å². The van der Waals surface area contributed by atoms with E-state index in [1.54, 1.807) is 4.41 Å². The topological polar surface area (TPSA) is 119 Å². The molecular weight excluding hydrogens is 394 g/mol.